The monoisotopic (exact) mass is 476 g/mol. The lowest BCUT2D eigenvalue weighted by atomic mass is 10.2. The Hall–Kier alpha value is -3.23. The minimum absolute atomic E-state index is 0.129. The van der Waals surface area contributed by atoms with Gasteiger partial charge >= 0.3 is 5.97 Å². The molecule has 3 rings (SSSR count). The molecule has 2 aromatic heterocycles. The van der Waals surface area contributed by atoms with E-state index in [4.69, 9.17) is 27.9 Å². The Morgan fingerprint density at radius 3 is 2.50 bits per heavy atom. The molecule has 0 radical (unpaired) electrons. The minimum atomic E-state index is -0.708. The average Bonchev–Trinajstić information content (AvgIpc) is 3.03. The predicted octanol–water partition coefficient (Wildman–Crippen LogP) is 4.83. The molecule has 0 fully saturated rings. The molecule has 0 spiro atoms. The molecule has 7 nitrogen and oxygen atoms in total. The molecule has 0 aliphatic rings. The van der Waals surface area contributed by atoms with Gasteiger partial charge in [0.1, 0.15) is 5.82 Å². The second kappa shape index (κ2) is 9.93. The molecule has 1 amide bonds. The SMILES string of the molecule is Cc1nc(NC(=O)COC(=O)/C=C/c2c(C)nn(-c3ccc(F)cc3)c2C)c(Cl)cc1Cl. The quantitative estimate of drug-likeness (QED) is 0.406. The van der Waals surface area contributed by atoms with Crippen LogP contribution in [0.5, 0.6) is 0 Å². The van der Waals surface area contributed by atoms with Crippen LogP contribution in [0.2, 0.25) is 10.0 Å². The molecule has 0 aliphatic carbocycles. The highest BCUT2D eigenvalue weighted by Crippen LogP contribution is 2.25. The van der Waals surface area contributed by atoms with Gasteiger partial charge in [-0.15, -0.1) is 0 Å². The van der Waals surface area contributed by atoms with Gasteiger partial charge in [0, 0.05) is 17.3 Å². The number of anilines is 1. The number of rotatable bonds is 6. The van der Waals surface area contributed by atoms with Crippen LogP contribution in [0, 0.1) is 26.6 Å². The Balaban J connectivity index is 1.62. The Morgan fingerprint density at radius 1 is 1.12 bits per heavy atom. The average molecular weight is 477 g/mol. The maximum atomic E-state index is 13.2. The van der Waals surface area contributed by atoms with Crippen LogP contribution < -0.4 is 5.32 Å². The number of carbonyl (C=O) groups excluding carboxylic acids is 2. The Labute approximate surface area is 193 Å². The number of benzene rings is 1. The molecule has 1 N–H and O–H groups in total. The second-order valence-corrected chi connectivity index (χ2v) is 7.66. The van der Waals surface area contributed by atoms with Gasteiger partial charge < -0.3 is 10.1 Å². The van der Waals surface area contributed by atoms with Crippen molar-refractivity contribution in [2.75, 3.05) is 11.9 Å². The second-order valence-electron chi connectivity index (χ2n) is 6.85. The first-order valence-electron chi connectivity index (χ1n) is 9.45. The summed E-state index contributed by atoms with van der Waals surface area (Å²) in [5.74, 6) is -1.52. The number of nitrogens with zero attached hydrogens (tertiary/aromatic N) is 3. The van der Waals surface area contributed by atoms with Gasteiger partial charge in [-0.3, -0.25) is 4.79 Å². The van der Waals surface area contributed by atoms with E-state index >= 15 is 0 Å². The molecule has 0 saturated heterocycles. The summed E-state index contributed by atoms with van der Waals surface area (Å²) in [7, 11) is 0. The molecule has 166 valence electrons. The van der Waals surface area contributed by atoms with E-state index in [-0.39, 0.29) is 16.7 Å². The Bertz CT molecular complexity index is 1210. The first-order chi connectivity index (χ1) is 15.2. The van der Waals surface area contributed by atoms with Crippen molar-refractivity contribution in [2.45, 2.75) is 20.8 Å². The van der Waals surface area contributed by atoms with Crippen LogP contribution >= 0.6 is 23.2 Å². The fraction of sp³-hybridized carbons (Fsp3) is 0.182. The molecule has 0 unspecified atom stereocenters. The lowest BCUT2D eigenvalue weighted by Gasteiger charge is -2.08. The van der Waals surface area contributed by atoms with Crippen LogP contribution in [0.15, 0.2) is 36.4 Å². The third-order valence-corrected chi connectivity index (χ3v) is 5.18. The molecule has 3 aromatic rings. The molecule has 0 aliphatic heterocycles. The number of halogens is 3. The van der Waals surface area contributed by atoms with Gasteiger partial charge in [-0.2, -0.15) is 5.10 Å². The number of pyridine rings is 1. The van der Waals surface area contributed by atoms with Crippen LogP contribution in [0.4, 0.5) is 10.2 Å². The smallest absolute Gasteiger partial charge is 0.331 e. The van der Waals surface area contributed by atoms with Gasteiger partial charge in [-0.1, -0.05) is 23.2 Å². The van der Waals surface area contributed by atoms with E-state index in [1.54, 1.807) is 36.7 Å². The van der Waals surface area contributed by atoms with Crippen LogP contribution in [-0.4, -0.2) is 33.2 Å². The van der Waals surface area contributed by atoms with Crippen molar-refractivity contribution < 1.29 is 18.7 Å². The molecular formula is C22H19Cl2FN4O3. The summed E-state index contributed by atoms with van der Waals surface area (Å²) in [5, 5.41) is 7.44. The number of aryl methyl sites for hydroxylation is 2. The summed E-state index contributed by atoms with van der Waals surface area (Å²) in [6.07, 6.45) is 2.76. The summed E-state index contributed by atoms with van der Waals surface area (Å²) in [5.41, 5.74) is 3.33. The fourth-order valence-corrected chi connectivity index (χ4v) is 3.29. The highest BCUT2D eigenvalue weighted by molar-refractivity contribution is 6.36. The van der Waals surface area contributed by atoms with Gasteiger partial charge in [-0.05, 0) is 57.2 Å². The number of esters is 1. The van der Waals surface area contributed by atoms with E-state index in [0.717, 1.165) is 5.69 Å². The van der Waals surface area contributed by atoms with E-state index in [1.165, 1.54) is 24.3 Å². The van der Waals surface area contributed by atoms with Gasteiger partial charge in [-0.25, -0.2) is 18.9 Å². The number of aromatic nitrogens is 3. The van der Waals surface area contributed by atoms with Gasteiger partial charge in [0.15, 0.2) is 12.4 Å². The normalized spacial score (nSPS) is 11.1. The van der Waals surface area contributed by atoms with Crippen molar-refractivity contribution in [3.05, 3.63) is 74.9 Å². The third kappa shape index (κ3) is 5.52. The zero-order valence-electron chi connectivity index (χ0n) is 17.4. The highest BCUT2D eigenvalue weighted by Gasteiger charge is 2.13. The fourth-order valence-electron chi connectivity index (χ4n) is 2.88. The van der Waals surface area contributed by atoms with Gasteiger partial charge in [0.2, 0.25) is 0 Å². The Kier molecular flexibility index (Phi) is 7.27. The molecule has 2 heterocycles. The maximum Gasteiger partial charge on any atom is 0.331 e. The van der Waals surface area contributed by atoms with E-state index in [9.17, 15) is 14.0 Å². The van der Waals surface area contributed by atoms with Crippen LogP contribution in [-0.2, 0) is 14.3 Å². The number of hydrogen-bond donors (Lipinski definition) is 1. The van der Waals surface area contributed by atoms with E-state index < -0.39 is 18.5 Å². The number of hydrogen-bond acceptors (Lipinski definition) is 5. The molecule has 1 aromatic carbocycles. The van der Waals surface area contributed by atoms with Crippen molar-refractivity contribution >= 4 is 47.0 Å². The van der Waals surface area contributed by atoms with Crippen molar-refractivity contribution in [3.63, 3.8) is 0 Å². The summed E-state index contributed by atoms with van der Waals surface area (Å²) in [6, 6.07) is 7.37. The molecular weight excluding hydrogens is 458 g/mol. The molecule has 10 heteroatoms. The number of ether oxygens (including phenoxy) is 1. The van der Waals surface area contributed by atoms with Crippen molar-refractivity contribution in [1.29, 1.82) is 0 Å². The van der Waals surface area contributed by atoms with Gasteiger partial charge in [0.05, 0.1) is 27.1 Å². The summed E-state index contributed by atoms with van der Waals surface area (Å²) in [4.78, 5) is 28.2. The zero-order valence-corrected chi connectivity index (χ0v) is 19.0. The first-order valence-corrected chi connectivity index (χ1v) is 10.2. The first kappa shape index (κ1) is 23.4. The van der Waals surface area contributed by atoms with Crippen molar-refractivity contribution in [3.8, 4) is 5.69 Å². The summed E-state index contributed by atoms with van der Waals surface area (Å²) >= 11 is 11.9. The van der Waals surface area contributed by atoms with Crippen LogP contribution in [0.3, 0.4) is 0 Å². The van der Waals surface area contributed by atoms with E-state index in [1.807, 2.05) is 6.92 Å². The topological polar surface area (TPSA) is 86.1 Å². The van der Waals surface area contributed by atoms with Crippen LogP contribution in [0.25, 0.3) is 11.8 Å². The van der Waals surface area contributed by atoms with E-state index in [2.05, 4.69) is 15.4 Å². The van der Waals surface area contributed by atoms with Crippen LogP contribution in [0.1, 0.15) is 22.6 Å². The largest absolute Gasteiger partial charge is 0.452 e. The van der Waals surface area contributed by atoms with Crippen molar-refractivity contribution in [1.82, 2.24) is 14.8 Å². The molecule has 32 heavy (non-hydrogen) atoms. The molecule has 0 saturated carbocycles. The summed E-state index contributed by atoms with van der Waals surface area (Å²) in [6.45, 7) is 4.76. The third-order valence-electron chi connectivity index (χ3n) is 4.51. The van der Waals surface area contributed by atoms with Crippen molar-refractivity contribution in [2.24, 2.45) is 0 Å². The maximum absolute atomic E-state index is 13.2. The lowest BCUT2D eigenvalue weighted by Crippen LogP contribution is -2.21. The number of carbonyl (C=O) groups is 2. The lowest BCUT2D eigenvalue weighted by molar-refractivity contribution is -0.142. The predicted molar refractivity (Wildman–Crippen MR) is 121 cm³/mol. The number of nitrogens with one attached hydrogen (secondary N) is 1. The zero-order chi connectivity index (χ0) is 23.4. The summed E-state index contributed by atoms with van der Waals surface area (Å²) < 4.78 is 19.8. The Morgan fingerprint density at radius 2 is 1.81 bits per heavy atom. The van der Waals surface area contributed by atoms with E-state index in [0.29, 0.717) is 27.7 Å². The molecule has 0 atom stereocenters. The number of amides is 1. The van der Waals surface area contributed by atoms with Gasteiger partial charge in [0.25, 0.3) is 5.91 Å². The minimum Gasteiger partial charge on any atom is -0.452 e. The standard InChI is InChI=1S/C22H19Cl2FN4O3/c1-12-17(14(3)29(28-12)16-6-4-15(25)5-7-16)8-9-21(31)32-11-20(30)27-22-19(24)10-18(23)13(2)26-22/h4-10H,11H2,1-3H3,(H,26,27,30)/b9-8+. The molecule has 0 bridgehead atoms. The highest BCUT2D eigenvalue weighted by atomic mass is 35.5.